The number of hydrogen-bond acceptors (Lipinski definition) is 3. The van der Waals surface area contributed by atoms with Crippen molar-refractivity contribution in [3.8, 4) is 0 Å². The lowest BCUT2D eigenvalue weighted by Crippen LogP contribution is -2.26. The van der Waals surface area contributed by atoms with Crippen molar-refractivity contribution >= 4 is 28.3 Å². The number of aromatic nitrogens is 2. The third kappa shape index (κ3) is 3.27. The third-order valence-electron chi connectivity index (χ3n) is 3.72. The van der Waals surface area contributed by atoms with Gasteiger partial charge in [0, 0.05) is 25.9 Å². The van der Waals surface area contributed by atoms with Crippen LogP contribution in [0, 0.1) is 0 Å². The van der Waals surface area contributed by atoms with Gasteiger partial charge in [-0.2, -0.15) is 5.10 Å². The first-order valence-electron chi connectivity index (χ1n) is 7.56. The van der Waals surface area contributed by atoms with Gasteiger partial charge in [0.05, 0.1) is 11.9 Å². The Morgan fingerprint density at radius 1 is 1.12 bits per heavy atom. The van der Waals surface area contributed by atoms with E-state index in [4.69, 9.17) is 0 Å². The topological polar surface area (TPSA) is 67.2 Å². The maximum atomic E-state index is 12.5. The molecule has 3 aromatic rings. The molecule has 0 saturated heterocycles. The van der Waals surface area contributed by atoms with E-state index < -0.39 is 0 Å². The molecule has 0 aliphatic rings. The minimum absolute atomic E-state index is 0.0648. The molecule has 6 nitrogen and oxygen atoms in total. The Labute approximate surface area is 139 Å². The highest BCUT2D eigenvalue weighted by Crippen LogP contribution is 2.19. The molecule has 2 aromatic carbocycles. The number of nitrogens with zero attached hydrogens (tertiary/aromatic N) is 3. The minimum atomic E-state index is -0.203. The van der Waals surface area contributed by atoms with Crippen LogP contribution in [-0.4, -0.2) is 40.6 Å². The number of likely N-dealkylation sites (N-methyl/N-ethyl adjacent to an activating group) is 1. The number of amides is 2. The summed E-state index contributed by atoms with van der Waals surface area (Å²) in [6.07, 6.45) is 3.18. The molecule has 1 N–H and O–H groups in total. The first kappa shape index (κ1) is 15.7. The van der Waals surface area contributed by atoms with E-state index in [1.807, 2.05) is 36.4 Å². The van der Waals surface area contributed by atoms with Crippen molar-refractivity contribution < 1.29 is 9.59 Å². The van der Waals surface area contributed by atoms with E-state index in [0.29, 0.717) is 11.3 Å². The summed E-state index contributed by atoms with van der Waals surface area (Å²) in [5.41, 5.74) is 1.16. The Morgan fingerprint density at radius 3 is 2.67 bits per heavy atom. The summed E-state index contributed by atoms with van der Waals surface area (Å²) in [6, 6.07) is 13.4. The molecule has 0 aliphatic heterocycles. The molecule has 0 bridgehead atoms. The largest absolute Gasteiger partial charge is 0.347 e. The molecule has 0 saturated carbocycles. The lowest BCUT2D eigenvalue weighted by Gasteiger charge is -2.09. The molecule has 122 valence electrons. The van der Waals surface area contributed by atoms with Gasteiger partial charge in [0.2, 0.25) is 5.91 Å². The average molecular weight is 322 g/mol. The molecule has 0 atom stereocenters. The Kier molecular flexibility index (Phi) is 4.29. The van der Waals surface area contributed by atoms with Crippen LogP contribution in [0.25, 0.3) is 10.8 Å². The molecule has 0 aliphatic carbocycles. The molecular weight excluding hydrogens is 304 g/mol. The van der Waals surface area contributed by atoms with Gasteiger partial charge < -0.3 is 10.2 Å². The van der Waals surface area contributed by atoms with Crippen LogP contribution in [0.2, 0.25) is 0 Å². The average Bonchev–Trinajstić information content (AvgIpc) is 3.01. The zero-order valence-electron chi connectivity index (χ0n) is 13.6. The number of anilines is 1. The van der Waals surface area contributed by atoms with E-state index in [1.54, 1.807) is 26.4 Å². The van der Waals surface area contributed by atoms with E-state index in [0.717, 1.165) is 10.8 Å². The van der Waals surface area contributed by atoms with Crippen molar-refractivity contribution in [1.82, 2.24) is 14.7 Å². The van der Waals surface area contributed by atoms with Crippen LogP contribution in [-0.2, 0) is 11.3 Å². The maximum absolute atomic E-state index is 12.5. The van der Waals surface area contributed by atoms with Crippen LogP contribution in [0.15, 0.2) is 54.9 Å². The number of fused-ring (bicyclic) bond motifs is 1. The fourth-order valence-corrected chi connectivity index (χ4v) is 2.42. The number of nitrogens with one attached hydrogen (secondary N) is 1. The van der Waals surface area contributed by atoms with Gasteiger partial charge in [-0.3, -0.25) is 14.3 Å². The normalized spacial score (nSPS) is 10.6. The number of rotatable bonds is 4. The summed E-state index contributed by atoms with van der Waals surface area (Å²) in [5.74, 6) is -0.268. The predicted octanol–water partition coefficient (Wildman–Crippen LogP) is 2.38. The zero-order chi connectivity index (χ0) is 17.1. The molecule has 2 amide bonds. The van der Waals surface area contributed by atoms with Crippen LogP contribution >= 0.6 is 0 Å². The molecule has 0 radical (unpaired) electrons. The van der Waals surface area contributed by atoms with Gasteiger partial charge in [-0.25, -0.2) is 0 Å². The van der Waals surface area contributed by atoms with Gasteiger partial charge in [-0.05, 0) is 16.8 Å². The molecule has 0 spiro atoms. The molecule has 6 heteroatoms. The van der Waals surface area contributed by atoms with E-state index in [9.17, 15) is 9.59 Å². The molecule has 0 fully saturated rings. The standard InChI is InChI=1S/C18H18N4O2/c1-21(2)17(23)12-22-11-14(10-19-22)20-18(24)16-9-5-7-13-6-3-4-8-15(13)16/h3-11H,12H2,1-2H3,(H,20,24). The molecular formula is C18H18N4O2. The van der Waals surface area contributed by atoms with Gasteiger partial charge in [-0.15, -0.1) is 0 Å². The number of carbonyl (C=O) groups is 2. The SMILES string of the molecule is CN(C)C(=O)Cn1cc(NC(=O)c2cccc3ccccc23)cn1. The van der Waals surface area contributed by atoms with Crippen LogP contribution in [0.1, 0.15) is 10.4 Å². The Bertz CT molecular complexity index is 893. The van der Waals surface area contributed by atoms with E-state index in [2.05, 4.69) is 10.4 Å². The summed E-state index contributed by atoms with van der Waals surface area (Å²) in [5, 5.41) is 8.84. The predicted molar refractivity (Wildman–Crippen MR) is 92.8 cm³/mol. The van der Waals surface area contributed by atoms with Crippen molar-refractivity contribution in [1.29, 1.82) is 0 Å². The lowest BCUT2D eigenvalue weighted by atomic mass is 10.0. The summed E-state index contributed by atoms with van der Waals surface area (Å²) >= 11 is 0. The fourth-order valence-electron chi connectivity index (χ4n) is 2.42. The van der Waals surface area contributed by atoms with Gasteiger partial charge in [0.1, 0.15) is 6.54 Å². The Hall–Kier alpha value is -3.15. The first-order valence-corrected chi connectivity index (χ1v) is 7.56. The first-order chi connectivity index (χ1) is 11.5. The van der Waals surface area contributed by atoms with Crippen molar-refractivity contribution in [2.45, 2.75) is 6.54 Å². The van der Waals surface area contributed by atoms with Crippen LogP contribution in [0.4, 0.5) is 5.69 Å². The second-order valence-electron chi connectivity index (χ2n) is 5.70. The van der Waals surface area contributed by atoms with Crippen molar-refractivity contribution in [3.05, 3.63) is 60.4 Å². The van der Waals surface area contributed by atoms with Crippen LogP contribution in [0.3, 0.4) is 0 Å². The molecule has 0 unspecified atom stereocenters. The van der Waals surface area contributed by atoms with Crippen molar-refractivity contribution in [2.24, 2.45) is 0 Å². The molecule has 24 heavy (non-hydrogen) atoms. The van der Waals surface area contributed by atoms with Crippen molar-refractivity contribution in [2.75, 3.05) is 19.4 Å². The summed E-state index contributed by atoms with van der Waals surface area (Å²) < 4.78 is 1.50. The van der Waals surface area contributed by atoms with Gasteiger partial charge in [0.25, 0.3) is 5.91 Å². The maximum Gasteiger partial charge on any atom is 0.256 e. The Balaban J connectivity index is 1.77. The highest BCUT2D eigenvalue weighted by molar-refractivity contribution is 6.12. The zero-order valence-corrected chi connectivity index (χ0v) is 13.6. The van der Waals surface area contributed by atoms with E-state index in [-0.39, 0.29) is 18.4 Å². The van der Waals surface area contributed by atoms with Gasteiger partial charge in [0.15, 0.2) is 0 Å². The highest BCUT2D eigenvalue weighted by Gasteiger charge is 2.12. The van der Waals surface area contributed by atoms with Crippen molar-refractivity contribution in [3.63, 3.8) is 0 Å². The third-order valence-corrected chi connectivity index (χ3v) is 3.72. The summed E-state index contributed by atoms with van der Waals surface area (Å²) in [7, 11) is 3.38. The fraction of sp³-hybridized carbons (Fsp3) is 0.167. The second kappa shape index (κ2) is 6.54. The second-order valence-corrected chi connectivity index (χ2v) is 5.70. The van der Waals surface area contributed by atoms with E-state index in [1.165, 1.54) is 15.8 Å². The van der Waals surface area contributed by atoms with Gasteiger partial charge >= 0.3 is 0 Å². The molecule has 3 rings (SSSR count). The molecule has 1 aromatic heterocycles. The Morgan fingerprint density at radius 2 is 1.88 bits per heavy atom. The number of hydrogen-bond donors (Lipinski definition) is 1. The highest BCUT2D eigenvalue weighted by atomic mass is 16.2. The van der Waals surface area contributed by atoms with Gasteiger partial charge in [-0.1, -0.05) is 36.4 Å². The summed E-state index contributed by atoms with van der Waals surface area (Å²) in [4.78, 5) is 25.7. The quantitative estimate of drug-likeness (QED) is 0.802. The summed E-state index contributed by atoms with van der Waals surface area (Å²) in [6.45, 7) is 0.136. The lowest BCUT2D eigenvalue weighted by molar-refractivity contribution is -0.129. The van der Waals surface area contributed by atoms with Crippen LogP contribution in [0.5, 0.6) is 0 Å². The smallest absolute Gasteiger partial charge is 0.256 e. The van der Waals surface area contributed by atoms with E-state index >= 15 is 0 Å². The number of benzene rings is 2. The number of carbonyl (C=O) groups excluding carboxylic acids is 2. The monoisotopic (exact) mass is 322 g/mol. The molecule has 1 heterocycles. The minimum Gasteiger partial charge on any atom is -0.347 e. The van der Waals surface area contributed by atoms with Crippen LogP contribution < -0.4 is 5.32 Å².